The van der Waals surface area contributed by atoms with Gasteiger partial charge in [0.2, 0.25) is 10.0 Å². The number of halogens is 3. The highest BCUT2D eigenvalue weighted by Gasteiger charge is 2.31. The fourth-order valence-corrected chi connectivity index (χ4v) is 3.75. The Morgan fingerprint density at radius 1 is 1.19 bits per heavy atom. The molecule has 1 heterocycles. The van der Waals surface area contributed by atoms with Gasteiger partial charge in [0.15, 0.2) is 0 Å². The van der Waals surface area contributed by atoms with Crippen molar-refractivity contribution in [1.82, 2.24) is 4.72 Å². The van der Waals surface area contributed by atoms with Crippen molar-refractivity contribution in [1.29, 1.82) is 0 Å². The standard InChI is InChI=1S/C15H16F3NO5S2/c16-15(17,18)24-12-1-3-13(4-2-12)26(21,22)19-9-14(23-7-6-20)11-5-8-25-10-11/h1-5,8,10,14,19-20H,6-7,9H2/t14-/m0/s1. The quantitative estimate of drug-likeness (QED) is 0.663. The van der Waals surface area contributed by atoms with Crippen LogP contribution in [0.15, 0.2) is 46.0 Å². The second-order valence-corrected chi connectivity index (χ2v) is 7.56. The van der Waals surface area contributed by atoms with Gasteiger partial charge in [0.25, 0.3) is 0 Å². The van der Waals surface area contributed by atoms with Gasteiger partial charge in [0.05, 0.1) is 24.2 Å². The molecule has 2 N–H and O–H groups in total. The van der Waals surface area contributed by atoms with Crippen LogP contribution in [-0.4, -0.2) is 39.6 Å². The van der Waals surface area contributed by atoms with Crippen molar-refractivity contribution in [3.05, 3.63) is 46.7 Å². The summed E-state index contributed by atoms with van der Waals surface area (Å²) in [6.45, 7) is -0.278. The first-order chi connectivity index (χ1) is 12.2. The number of aliphatic hydroxyl groups excluding tert-OH is 1. The molecule has 0 aliphatic carbocycles. The Labute approximate surface area is 152 Å². The molecular weight excluding hydrogens is 395 g/mol. The topological polar surface area (TPSA) is 84.9 Å². The molecule has 0 spiro atoms. The largest absolute Gasteiger partial charge is 0.573 e. The van der Waals surface area contributed by atoms with E-state index < -0.39 is 28.2 Å². The van der Waals surface area contributed by atoms with Crippen molar-refractivity contribution in [2.75, 3.05) is 19.8 Å². The lowest BCUT2D eigenvalue weighted by Gasteiger charge is -2.17. The summed E-state index contributed by atoms with van der Waals surface area (Å²) in [7, 11) is -3.96. The molecule has 0 aliphatic rings. The van der Waals surface area contributed by atoms with Crippen molar-refractivity contribution in [2.24, 2.45) is 0 Å². The lowest BCUT2D eigenvalue weighted by Crippen LogP contribution is -2.30. The molecular formula is C15H16F3NO5S2. The first-order valence-electron chi connectivity index (χ1n) is 7.31. The van der Waals surface area contributed by atoms with E-state index in [9.17, 15) is 21.6 Å². The number of sulfonamides is 1. The molecule has 1 atom stereocenters. The first kappa shape index (κ1) is 20.6. The zero-order chi connectivity index (χ0) is 19.2. The monoisotopic (exact) mass is 411 g/mol. The van der Waals surface area contributed by atoms with Crippen LogP contribution >= 0.6 is 11.3 Å². The van der Waals surface area contributed by atoms with E-state index in [0.29, 0.717) is 0 Å². The Morgan fingerprint density at radius 2 is 1.88 bits per heavy atom. The summed E-state index contributed by atoms with van der Waals surface area (Å²) in [6, 6.07) is 5.63. The molecule has 1 aromatic heterocycles. The van der Waals surface area contributed by atoms with E-state index in [0.717, 1.165) is 29.8 Å². The maximum atomic E-state index is 12.3. The molecule has 0 saturated carbocycles. The minimum atomic E-state index is -4.85. The maximum Gasteiger partial charge on any atom is 0.573 e. The summed E-state index contributed by atoms with van der Waals surface area (Å²) in [6.07, 6.45) is -5.45. The van der Waals surface area contributed by atoms with Gasteiger partial charge >= 0.3 is 6.36 Å². The van der Waals surface area contributed by atoms with Gasteiger partial charge in [0.1, 0.15) is 5.75 Å². The molecule has 0 bridgehead atoms. The number of alkyl halides is 3. The molecule has 0 unspecified atom stereocenters. The summed E-state index contributed by atoms with van der Waals surface area (Å²) < 4.78 is 72.5. The molecule has 0 radical (unpaired) electrons. The Hall–Kier alpha value is -1.66. The summed E-state index contributed by atoms with van der Waals surface area (Å²) in [5.41, 5.74) is 0.750. The zero-order valence-electron chi connectivity index (χ0n) is 13.3. The highest BCUT2D eigenvalue weighted by atomic mass is 32.2. The van der Waals surface area contributed by atoms with E-state index in [1.54, 1.807) is 16.8 Å². The predicted octanol–water partition coefficient (Wildman–Crippen LogP) is 2.68. The van der Waals surface area contributed by atoms with Crippen LogP contribution in [0.1, 0.15) is 11.7 Å². The SMILES string of the molecule is O=S(=O)(NC[C@H](OCCO)c1ccsc1)c1ccc(OC(F)(F)F)cc1. The van der Waals surface area contributed by atoms with Crippen LogP contribution in [0.5, 0.6) is 5.75 Å². The number of ether oxygens (including phenoxy) is 2. The molecule has 0 fully saturated rings. The number of nitrogens with one attached hydrogen (secondary N) is 1. The van der Waals surface area contributed by atoms with Gasteiger partial charge in [-0.2, -0.15) is 11.3 Å². The smallest absolute Gasteiger partial charge is 0.406 e. The van der Waals surface area contributed by atoms with Gasteiger partial charge < -0.3 is 14.6 Å². The molecule has 26 heavy (non-hydrogen) atoms. The van der Waals surface area contributed by atoms with Crippen molar-refractivity contribution >= 4 is 21.4 Å². The van der Waals surface area contributed by atoms with E-state index in [1.807, 2.05) is 0 Å². The fourth-order valence-electron chi connectivity index (χ4n) is 2.02. The van der Waals surface area contributed by atoms with Gasteiger partial charge in [-0.3, -0.25) is 0 Å². The van der Waals surface area contributed by atoms with Crippen LogP contribution in [0, 0.1) is 0 Å². The van der Waals surface area contributed by atoms with Crippen molar-refractivity contribution in [3.8, 4) is 5.75 Å². The van der Waals surface area contributed by atoms with Crippen molar-refractivity contribution in [2.45, 2.75) is 17.4 Å². The minimum absolute atomic E-state index is 0.0335. The molecule has 0 amide bonds. The summed E-state index contributed by atoms with van der Waals surface area (Å²) >= 11 is 1.41. The summed E-state index contributed by atoms with van der Waals surface area (Å²) in [5.74, 6) is -0.515. The third-order valence-corrected chi connectivity index (χ3v) is 5.29. The average molecular weight is 411 g/mol. The molecule has 2 rings (SSSR count). The number of rotatable bonds is 9. The van der Waals surface area contributed by atoms with E-state index >= 15 is 0 Å². The lowest BCUT2D eigenvalue weighted by molar-refractivity contribution is -0.274. The number of thiophene rings is 1. The molecule has 6 nitrogen and oxygen atoms in total. The minimum Gasteiger partial charge on any atom is -0.406 e. The van der Waals surface area contributed by atoms with Crippen molar-refractivity contribution in [3.63, 3.8) is 0 Å². The highest BCUT2D eigenvalue weighted by Crippen LogP contribution is 2.24. The van der Waals surface area contributed by atoms with Crippen LogP contribution in [0.4, 0.5) is 13.2 Å². The third kappa shape index (κ3) is 6.25. The second kappa shape index (κ2) is 8.82. The number of benzene rings is 1. The molecule has 11 heteroatoms. The first-order valence-corrected chi connectivity index (χ1v) is 9.74. The summed E-state index contributed by atoms with van der Waals surface area (Å²) in [4.78, 5) is -0.210. The van der Waals surface area contributed by atoms with Gasteiger partial charge in [-0.05, 0) is 46.7 Å². The average Bonchev–Trinajstić information content (AvgIpc) is 3.08. The van der Waals surface area contributed by atoms with Crippen LogP contribution in [0.25, 0.3) is 0 Å². The number of hydrogen-bond acceptors (Lipinski definition) is 6. The van der Waals surface area contributed by atoms with E-state index in [2.05, 4.69) is 9.46 Å². The molecule has 2 aromatic rings. The number of aliphatic hydroxyl groups is 1. The molecule has 0 aliphatic heterocycles. The van der Waals surface area contributed by atoms with E-state index in [-0.39, 0.29) is 24.7 Å². The van der Waals surface area contributed by atoms with Crippen molar-refractivity contribution < 1.29 is 36.2 Å². The van der Waals surface area contributed by atoms with Crippen LogP contribution in [0.2, 0.25) is 0 Å². The Kier molecular flexibility index (Phi) is 7.01. The number of hydrogen-bond donors (Lipinski definition) is 2. The Balaban J connectivity index is 2.04. The van der Waals surface area contributed by atoms with E-state index in [4.69, 9.17) is 9.84 Å². The molecule has 1 aromatic carbocycles. The van der Waals surface area contributed by atoms with Crippen LogP contribution in [-0.2, 0) is 14.8 Å². The van der Waals surface area contributed by atoms with Gasteiger partial charge in [-0.15, -0.1) is 13.2 Å². The normalized spacial score (nSPS) is 13.5. The molecule has 144 valence electrons. The second-order valence-electron chi connectivity index (χ2n) is 5.01. The lowest BCUT2D eigenvalue weighted by atomic mass is 10.2. The van der Waals surface area contributed by atoms with Crippen LogP contribution < -0.4 is 9.46 Å². The predicted molar refractivity (Wildman–Crippen MR) is 88.4 cm³/mol. The Morgan fingerprint density at radius 3 is 2.42 bits per heavy atom. The molecule has 0 saturated heterocycles. The maximum absolute atomic E-state index is 12.3. The van der Waals surface area contributed by atoms with Gasteiger partial charge in [-0.25, -0.2) is 13.1 Å². The zero-order valence-corrected chi connectivity index (χ0v) is 14.9. The Bertz CT molecular complexity index is 777. The fraction of sp³-hybridized carbons (Fsp3) is 0.333. The summed E-state index contributed by atoms with van der Waals surface area (Å²) in [5, 5.41) is 12.5. The third-order valence-electron chi connectivity index (χ3n) is 3.15. The van der Waals surface area contributed by atoms with Crippen LogP contribution in [0.3, 0.4) is 0 Å². The van der Waals surface area contributed by atoms with Gasteiger partial charge in [0, 0.05) is 6.54 Å². The van der Waals surface area contributed by atoms with Gasteiger partial charge in [-0.1, -0.05) is 0 Å². The van der Waals surface area contributed by atoms with E-state index in [1.165, 1.54) is 11.3 Å². The highest BCUT2D eigenvalue weighted by molar-refractivity contribution is 7.89.